The second-order valence-electron chi connectivity index (χ2n) is 5.68. The average molecular weight is 260 g/mol. The Morgan fingerprint density at radius 2 is 1.95 bits per heavy atom. The van der Waals surface area contributed by atoms with Gasteiger partial charge in [-0.3, -0.25) is 0 Å². The molecule has 0 aliphatic carbocycles. The number of anilines is 1. The SMILES string of the molecule is COc1cc(C)c(-c2cnc(N)o2)cc1C(C)(C)C. The molecule has 1 aromatic heterocycles. The Balaban J connectivity index is 2.63. The molecule has 102 valence electrons. The van der Waals surface area contributed by atoms with E-state index in [1.807, 2.05) is 13.0 Å². The zero-order valence-corrected chi connectivity index (χ0v) is 12.1. The molecule has 0 amide bonds. The number of nitrogens with two attached hydrogens (primary N) is 1. The van der Waals surface area contributed by atoms with E-state index in [9.17, 15) is 0 Å². The van der Waals surface area contributed by atoms with E-state index in [2.05, 4.69) is 31.8 Å². The third-order valence-corrected chi connectivity index (χ3v) is 3.14. The van der Waals surface area contributed by atoms with Crippen molar-refractivity contribution in [2.45, 2.75) is 33.1 Å². The molecule has 2 N–H and O–H groups in total. The van der Waals surface area contributed by atoms with Crippen LogP contribution in [0.25, 0.3) is 11.3 Å². The summed E-state index contributed by atoms with van der Waals surface area (Å²) >= 11 is 0. The number of nitrogens with zero attached hydrogens (tertiary/aromatic N) is 1. The Hall–Kier alpha value is -1.97. The first-order valence-corrected chi connectivity index (χ1v) is 6.23. The Morgan fingerprint density at radius 1 is 1.26 bits per heavy atom. The molecule has 4 nitrogen and oxygen atoms in total. The largest absolute Gasteiger partial charge is 0.496 e. The Bertz CT molecular complexity index is 595. The Kier molecular flexibility index (Phi) is 3.27. The van der Waals surface area contributed by atoms with Crippen LogP contribution in [0.5, 0.6) is 5.75 Å². The van der Waals surface area contributed by atoms with Crippen molar-refractivity contribution in [1.82, 2.24) is 4.98 Å². The fourth-order valence-electron chi connectivity index (χ4n) is 2.11. The number of nitrogen functional groups attached to an aromatic ring is 1. The number of rotatable bonds is 2. The summed E-state index contributed by atoms with van der Waals surface area (Å²) < 4.78 is 10.9. The van der Waals surface area contributed by atoms with Crippen LogP contribution < -0.4 is 10.5 Å². The maximum Gasteiger partial charge on any atom is 0.292 e. The van der Waals surface area contributed by atoms with Crippen LogP contribution in [0, 0.1) is 6.92 Å². The van der Waals surface area contributed by atoms with Crippen LogP contribution in [-0.4, -0.2) is 12.1 Å². The monoisotopic (exact) mass is 260 g/mol. The molecule has 0 saturated carbocycles. The van der Waals surface area contributed by atoms with Gasteiger partial charge in [-0.1, -0.05) is 20.8 Å². The first-order valence-electron chi connectivity index (χ1n) is 6.23. The first-order chi connectivity index (χ1) is 8.82. The van der Waals surface area contributed by atoms with Crippen molar-refractivity contribution < 1.29 is 9.15 Å². The van der Waals surface area contributed by atoms with Gasteiger partial charge in [-0.25, -0.2) is 4.98 Å². The molecule has 2 aromatic rings. The maximum absolute atomic E-state index is 5.54. The molecular weight excluding hydrogens is 240 g/mol. The molecule has 1 aromatic carbocycles. The number of hydrogen-bond acceptors (Lipinski definition) is 4. The molecular formula is C15H20N2O2. The number of aryl methyl sites for hydroxylation is 1. The van der Waals surface area contributed by atoms with Gasteiger partial charge in [-0.2, -0.15) is 0 Å². The lowest BCUT2D eigenvalue weighted by molar-refractivity contribution is 0.397. The molecule has 0 fully saturated rings. The average Bonchev–Trinajstić information content (AvgIpc) is 2.73. The fourth-order valence-corrected chi connectivity index (χ4v) is 2.11. The summed E-state index contributed by atoms with van der Waals surface area (Å²) in [6, 6.07) is 4.30. The van der Waals surface area contributed by atoms with Gasteiger partial charge < -0.3 is 14.9 Å². The molecule has 0 radical (unpaired) electrons. The van der Waals surface area contributed by atoms with Crippen LogP contribution in [0.15, 0.2) is 22.7 Å². The molecule has 19 heavy (non-hydrogen) atoms. The predicted octanol–water partition coefficient (Wildman–Crippen LogP) is 3.54. The van der Waals surface area contributed by atoms with Gasteiger partial charge >= 0.3 is 0 Å². The number of benzene rings is 1. The van der Waals surface area contributed by atoms with Gasteiger partial charge in [-0.15, -0.1) is 0 Å². The van der Waals surface area contributed by atoms with Crippen molar-refractivity contribution in [1.29, 1.82) is 0 Å². The van der Waals surface area contributed by atoms with Crippen molar-refractivity contribution in [3.8, 4) is 17.1 Å². The van der Waals surface area contributed by atoms with Crippen molar-refractivity contribution in [2.24, 2.45) is 0 Å². The lowest BCUT2D eigenvalue weighted by Gasteiger charge is -2.23. The van der Waals surface area contributed by atoms with Gasteiger partial charge in [0.05, 0.1) is 13.3 Å². The summed E-state index contributed by atoms with van der Waals surface area (Å²) in [6.07, 6.45) is 1.65. The molecule has 0 atom stereocenters. The van der Waals surface area contributed by atoms with Gasteiger partial charge in [0.15, 0.2) is 5.76 Å². The predicted molar refractivity (Wildman–Crippen MR) is 76.3 cm³/mol. The number of hydrogen-bond donors (Lipinski definition) is 1. The lowest BCUT2D eigenvalue weighted by Crippen LogP contribution is -2.13. The normalized spacial score (nSPS) is 11.6. The van der Waals surface area contributed by atoms with E-state index >= 15 is 0 Å². The van der Waals surface area contributed by atoms with Crippen molar-refractivity contribution in [3.05, 3.63) is 29.5 Å². The number of aromatic nitrogens is 1. The van der Waals surface area contributed by atoms with E-state index in [4.69, 9.17) is 14.9 Å². The third kappa shape index (κ3) is 2.57. The highest BCUT2D eigenvalue weighted by Gasteiger charge is 2.21. The second kappa shape index (κ2) is 4.61. The highest BCUT2D eigenvalue weighted by molar-refractivity contribution is 5.66. The summed E-state index contributed by atoms with van der Waals surface area (Å²) in [7, 11) is 1.69. The van der Waals surface area contributed by atoms with Gasteiger partial charge in [-0.05, 0) is 30.0 Å². The Morgan fingerprint density at radius 3 is 2.42 bits per heavy atom. The second-order valence-corrected chi connectivity index (χ2v) is 5.68. The van der Waals surface area contributed by atoms with Crippen LogP contribution in [-0.2, 0) is 5.41 Å². The number of oxazole rings is 1. The first kappa shape index (κ1) is 13.5. The van der Waals surface area contributed by atoms with E-state index in [0.717, 1.165) is 22.4 Å². The van der Waals surface area contributed by atoms with Crippen LogP contribution >= 0.6 is 0 Å². The van der Waals surface area contributed by atoms with E-state index in [1.54, 1.807) is 13.3 Å². The minimum absolute atomic E-state index is 0.0145. The summed E-state index contributed by atoms with van der Waals surface area (Å²) in [6.45, 7) is 8.47. The van der Waals surface area contributed by atoms with Crippen LogP contribution in [0.2, 0.25) is 0 Å². The minimum atomic E-state index is -0.0145. The van der Waals surface area contributed by atoms with E-state index in [1.165, 1.54) is 0 Å². The molecule has 0 bridgehead atoms. The van der Waals surface area contributed by atoms with Crippen LogP contribution in [0.3, 0.4) is 0 Å². The van der Waals surface area contributed by atoms with E-state index in [-0.39, 0.29) is 11.4 Å². The third-order valence-electron chi connectivity index (χ3n) is 3.14. The van der Waals surface area contributed by atoms with Gasteiger partial charge in [0.2, 0.25) is 0 Å². The lowest BCUT2D eigenvalue weighted by atomic mass is 9.84. The Labute approximate surface area is 113 Å². The fraction of sp³-hybridized carbons (Fsp3) is 0.400. The zero-order valence-electron chi connectivity index (χ0n) is 12.1. The summed E-state index contributed by atoms with van der Waals surface area (Å²) in [4.78, 5) is 3.95. The molecule has 1 heterocycles. The molecule has 4 heteroatoms. The topological polar surface area (TPSA) is 61.3 Å². The van der Waals surface area contributed by atoms with E-state index in [0.29, 0.717) is 5.76 Å². The van der Waals surface area contributed by atoms with E-state index < -0.39 is 0 Å². The van der Waals surface area contributed by atoms with Gasteiger partial charge in [0.25, 0.3) is 6.01 Å². The van der Waals surface area contributed by atoms with Crippen LogP contribution in [0.1, 0.15) is 31.9 Å². The minimum Gasteiger partial charge on any atom is -0.496 e. The molecule has 2 rings (SSSR count). The molecule has 0 aliphatic rings. The molecule has 0 aliphatic heterocycles. The standard InChI is InChI=1S/C15H20N2O2/c1-9-6-12(18-5)11(15(2,3)4)7-10(9)13-8-17-14(16)19-13/h6-8H,1-5H3,(H2,16,17). The highest BCUT2D eigenvalue weighted by Crippen LogP contribution is 2.37. The zero-order chi connectivity index (χ0) is 14.2. The number of ether oxygens (including phenoxy) is 1. The van der Waals surface area contributed by atoms with Crippen molar-refractivity contribution in [3.63, 3.8) is 0 Å². The summed E-state index contributed by atoms with van der Waals surface area (Å²) in [5.74, 6) is 1.57. The van der Waals surface area contributed by atoms with Gasteiger partial charge in [0.1, 0.15) is 5.75 Å². The summed E-state index contributed by atoms with van der Waals surface area (Å²) in [5, 5.41) is 0. The highest BCUT2D eigenvalue weighted by atomic mass is 16.5. The van der Waals surface area contributed by atoms with Crippen molar-refractivity contribution >= 4 is 6.01 Å². The molecule has 0 saturated heterocycles. The molecule has 0 unspecified atom stereocenters. The van der Waals surface area contributed by atoms with Crippen LogP contribution in [0.4, 0.5) is 6.01 Å². The quantitative estimate of drug-likeness (QED) is 0.897. The molecule has 0 spiro atoms. The van der Waals surface area contributed by atoms with Gasteiger partial charge in [0, 0.05) is 11.1 Å². The van der Waals surface area contributed by atoms with Crippen molar-refractivity contribution in [2.75, 3.05) is 12.8 Å². The smallest absolute Gasteiger partial charge is 0.292 e. The maximum atomic E-state index is 5.54. The summed E-state index contributed by atoms with van der Waals surface area (Å²) in [5.41, 5.74) is 8.72. The number of methoxy groups -OCH3 is 1.